The van der Waals surface area contributed by atoms with Crippen LogP contribution in [0.5, 0.6) is 0 Å². The van der Waals surface area contributed by atoms with E-state index in [0.29, 0.717) is 50.5 Å². The fourth-order valence-electron chi connectivity index (χ4n) is 5.62. The first kappa shape index (κ1) is 22.0. The molecule has 2 saturated heterocycles. The molecule has 2 aromatic rings. The van der Waals surface area contributed by atoms with Gasteiger partial charge in [0, 0.05) is 38.2 Å². The monoisotopic (exact) mass is 470 g/mol. The van der Waals surface area contributed by atoms with Gasteiger partial charge in [-0.05, 0) is 72.4 Å². The summed E-state index contributed by atoms with van der Waals surface area (Å²) >= 11 is 0. The standard InChI is InChI=1S/C27H29F3N2O2/c28-27(29,30)24-14-20(22(18-6-7-18)15-23(24)19-8-9-19)16-31-12-10-26(11-13-31)17-32(25(33)34-26)21-4-2-1-3-5-21/h1-5,14-15,18-19H,6-13,16-17H2. The number of halogens is 3. The zero-order chi connectivity index (χ0) is 23.5. The van der Waals surface area contributed by atoms with E-state index in [2.05, 4.69) is 4.90 Å². The Bertz CT molecular complexity index is 1090. The predicted molar refractivity (Wildman–Crippen MR) is 123 cm³/mol. The first-order chi connectivity index (χ1) is 16.3. The maximum atomic E-state index is 13.9. The number of anilines is 1. The van der Waals surface area contributed by atoms with Gasteiger partial charge in [0.1, 0.15) is 5.60 Å². The van der Waals surface area contributed by atoms with Crippen molar-refractivity contribution in [1.82, 2.24) is 4.90 Å². The van der Waals surface area contributed by atoms with Crippen LogP contribution in [-0.4, -0.2) is 36.2 Å². The fraction of sp³-hybridized carbons (Fsp3) is 0.519. The summed E-state index contributed by atoms with van der Waals surface area (Å²) in [5.74, 6) is 0.476. The van der Waals surface area contributed by atoms with Gasteiger partial charge in [0.2, 0.25) is 0 Å². The van der Waals surface area contributed by atoms with Crippen molar-refractivity contribution in [3.63, 3.8) is 0 Å². The quantitative estimate of drug-likeness (QED) is 0.503. The lowest BCUT2D eigenvalue weighted by Gasteiger charge is -2.37. The molecule has 180 valence electrons. The second-order valence-corrected chi connectivity index (χ2v) is 10.4. The second kappa shape index (κ2) is 8.01. The van der Waals surface area contributed by atoms with Gasteiger partial charge in [-0.2, -0.15) is 13.2 Å². The van der Waals surface area contributed by atoms with E-state index in [-0.39, 0.29) is 12.0 Å². The number of hydrogen-bond acceptors (Lipinski definition) is 3. The van der Waals surface area contributed by atoms with Crippen LogP contribution in [-0.2, 0) is 17.5 Å². The largest absolute Gasteiger partial charge is 0.441 e. The number of alkyl halides is 3. The summed E-state index contributed by atoms with van der Waals surface area (Å²) in [5.41, 5.74) is 2.33. The van der Waals surface area contributed by atoms with Gasteiger partial charge < -0.3 is 4.74 Å². The Morgan fingerprint density at radius 1 is 0.941 bits per heavy atom. The van der Waals surface area contributed by atoms with E-state index in [1.54, 1.807) is 4.90 Å². The zero-order valence-electron chi connectivity index (χ0n) is 19.1. The third kappa shape index (κ3) is 4.19. The Balaban J connectivity index is 1.18. The molecule has 2 aliphatic heterocycles. The molecular formula is C27H29F3N2O2. The van der Waals surface area contributed by atoms with Gasteiger partial charge in [-0.3, -0.25) is 9.80 Å². The van der Waals surface area contributed by atoms with Crippen molar-refractivity contribution in [3.05, 3.63) is 64.7 Å². The minimum absolute atomic E-state index is 0.0719. The average molecular weight is 471 g/mol. The fourth-order valence-corrected chi connectivity index (χ4v) is 5.62. The number of benzene rings is 2. The highest BCUT2D eigenvalue weighted by atomic mass is 19.4. The Hall–Kier alpha value is -2.54. The highest BCUT2D eigenvalue weighted by Gasteiger charge is 2.47. The molecule has 1 spiro atoms. The van der Waals surface area contributed by atoms with Crippen LogP contribution in [0.25, 0.3) is 0 Å². The van der Waals surface area contributed by atoms with Crippen LogP contribution in [0.1, 0.15) is 72.6 Å². The summed E-state index contributed by atoms with van der Waals surface area (Å²) in [5, 5.41) is 0. The first-order valence-electron chi connectivity index (χ1n) is 12.3. The molecule has 0 atom stereocenters. The van der Waals surface area contributed by atoms with Crippen molar-refractivity contribution in [3.8, 4) is 0 Å². The van der Waals surface area contributed by atoms with Crippen molar-refractivity contribution in [2.75, 3.05) is 24.5 Å². The molecule has 4 aliphatic rings. The molecule has 0 unspecified atom stereocenters. The average Bonchev–Trinajstić information content (AvgIpc) is 3.73. The third-order valence-electron chi connectivity index (χ3n) is 7.85. The molecule has 2 saturated carbocycles. The topological polar surface area (TPSA) is 32.8 Å². The lowest BCUT2D eigenvalue weighted by molar-refractivity contribution is -0.138. The van der Waals surface area contributed by atoms with E-state index < -0.39 is 17.3 Å². The second-order valence-electron chi connectivity index (χ2n) is 10.4. The summed E-state index contributed by atoms with van der Waals surface area (Å²) in [6, 6.07) is 12.8. The van der Waals surface area contributed by atoms with E-state index in [0.717, 1.165) is 42.5 Å². The summed E-state index contributed by atoms with van der Waals surface area (Å²) in [4.78, 5) is 16.5. The molecule has 0 N–H and O–H groups in total. The summed E-state index contributed by atoms with van der Waals surface area (Å²) in [7, 11) is 0. The number of hydrogen-bond donors (Lipinski definition) is 0. The number of piperidine rings is 1. The van der Waals surface area contributed by atoms with Gasteiger partial charge in [-0.1, -0.05) is 24.3 Å². The number of carbonyl (C=O) groups excluding carboxylic acids is 1. The van der Waals surface area contributed by atoms with E-state index in [1.165, 1.54) is 6.07 Å². The molecule has 0 radical (unpaired) electrons. The van der Waals surface area contributed by atoms with Gasteiger partial charge in [-0.15, -0.1) is 0 Å². The van der Waals surface area contributed by atoms with Gasteiger partial charge in [0.05, 0.1) is 12.1 Å². The maximum Gasteiger partial charge on any atom is 0.416 e. The SMILES string of the molecule is O=C1OC2(CCN(Cc3cc(C(F)(F)F)c(C4CC4)cc3C3CC3)CC2)CN1c1ccccc1. The van der Waals surface area contributed by atoms with Gasteiger partial charge in [0.25, 0.3) is 0 Å². The molecule has 2 aliphatic carbocycles. The molecule has 1 amide bonds. The minimum Gasteiger partial charge on any atom is -0.441 e. The van der Waals surface area contributed by atoms with Crippen molar-refractivity contribution in [2.24, 2.45) is 0 Å². The normalized spacial score (nSPS) is 22.9. The highest BCUT2D eigenvalue weighted by Crippen LogP contribution is 2.50. The third-order valence-corrected chi connectivity index (χ3v) is 7.85. The van der Waals surface area contributed by atoms with Crippen LogP contribution in [0.4, 0.5) is 23.7 Å². The number of rotatable bonds is 5. The zero-order valence-corrected chi connectivity index (χ0v) is 19.1. The number of ether oxygens (including phenoxy) is 1. The van der Waals surface area contributed by atoms with Gasteiger partial charge in [0.15, 0.2) is 0 Å². The lowest BCUT2D eigenvalue weighted by Crippen LogP contribution is -2.46. The number of amides is 1. The summed E-state index contributed by atoms with van der Waals surface area (Å²) < 4.78 is 47.5. The minimum atomic E-state index is -4.32. The molecule has 0 aromatic heterocycles. The first-order valence-corrected chi connectivity index (χ1v) is 12.3. The number of para-hydroxylation sites is 1. The van der Waals surface area contributed by atoms with Crippen molar-refractivity contribution >= 4 is 11.8 Å². The van der Waals surface area contributed by atoms with E-state index in [1.807, 2.05) is 36.4 Å². The van der Waals surface area contributed by atoms with Gasteiger partial charge >= 0.3 is 12.3 Å². The van der Waals surface area contributed by atoms with Crippen LogP contribution >= 0.6 is 0 Å². The predicted octanol–water partition coefficient (Wildman–Crippen LogP) is 6.45. The summed E-state index contributed by atoms with van der Waals surface area (Å²) in [6.45, 7) is 2.44. The van der Waals surface area contributed by atoms with Crippen LogP contribution in [0.15, 0.2) is 42.5 Å². The number of likely N-dealkylation sites (tertiary alicyclic amines) is 1. The van der Waals surface area contributed by atoms with E-state index in [4.69, 9.17) is 4.74 Å². The van der Waals surface area contributed by atoms with Gasteiger partial charge in [-0.25, -0.2) is 4.79 Å². The molecule has 2 heterocycles. The van der Waals surface area contributed by atoms with E-state index >= 15 is 0 Å². The van der Waals surface area contributed by atoms with E-state index in [9.17, 15) is 18.0 Å². The molecule has 4 nitrogen and oxygen atoms in total. The van der Waals surface area contributed by atoms with Crippen LogP contribution in [0.3, 0.4) is 0 Å². The Morgan fingerprint density at radius 2 is 1.59 bits per heavy atom. The number of nitrogens with zero attached hydrogens (tertiary/aromatic N) is 2. The van der Waals surface area contributed by atoms with Crippen LogP contribution < -0.4 is 4.90 Å². The van der Waals surface area contributed by atoms with Crippen molar-refractivity contribution < 1.29 is 22.7 Å². The summed E-state index contributed by atoms with van der Waals surface area (Å²) in [6.07, 6.45) is 0.591. The molecule has 6 rings (SSSR count). The Kier molecular flexibility index (Phi) is 5.17. The number of carbonyl (C=O) groups is 1. The molecule has 2 aromatic carbocycles. The van der Waals surface area contributed by atoms with Crippen LogP contribution in [0, 0.1) is 0 Å². The molecule has 7 heteroatoms. The molecule has 4 fully saturated rings. The smallest absolute Gasteiger partial charge is 0.416 e. The van der Waals surface area contributed by atoms with Crippen LogP contribution in [0.2, 0.25) is 0 Å². The highest BCUT2D eigenvalue weighted by molar-refractivity contribution is 5.90. The molecule has 0 bridgehead atoms. The lowest BCUT2D eigenvalue weighted by atomic mass is 9.89. The molecular weight excluding hydrogens is 441 g/mol. The Labute approximate surface area is 197 Å². The Morgan fingerprint density at radius 3 is 2.21 bits per heavy atom. The molecule has 34 heavy (non-hydrogen) atoms. The van der Waals surface area contributed by atoms with Crippen molar-refractivity contribution in [2.45, 2.75) is 68.7 Å². The maximum absolute atomic E-state index is 13.9. The van der Waals surface area contributed by atoms with Crippen molar-refractivity contribution in [1.29, 1.82) is 0 Å².